The minimum Gasteiger partial charge on any atom is -0.823 e. The average molecular weight is 1040 g/mol. The molecule has 3 heterocycles. The molecule has 0 radical (unpaired) electrons. The Hall–Kier alpha value is 3.36. The van der Waals surface area contributed by atoms with E-state index in [9.17, 15) is 0 Å². The van der Waals surface area contributed by atoms with E-state index in [-0.39, 0.29) is 218 Å². The van der Waals surface area contributed by atoms with Gasteiger partial charge in [-0.15, -0.1) is 35.2 Å². The number of allylic oxidation sites excluding steroid dienone is 3. The number of rotatable bonds is 28. The molecule has 24 heteroatoms. The van der Waals surface area contributed by atoms with Crippen molar-refractivity contribution in [3.8, 4) is 0 Å². The Kier molecular flexibility index (Phi) is 93.1. The molecule has 0 amide bonds. The van der Waals surface area contributed by atoms with Crippen molar-refractivity contribution in [1.29, 1.82) is 0 Å². The number of nitrogens with one attached hydrogen (secondary N) is 3. The second-order valence-corrected chi connectivity index (χ2v) is 14.0. The van der Waals surface area contributed by atoms with Gasteiger partial charge in [0.1, 0.15) is 16.9 Å². The molecule has 0 aromatic carbocycles. The number of unbranched alkanes of at least 4 members (excludes halogenated alkanes) is 19. The monoisotopic (exact) mass is 1040 g/mol. The molecule has 0 aliphatic heterocycles. The third-order valence-corrected chi connectivity index (χ3v) is 8.64. The summed E-state index contributed by atoms with van der Waals surface area (Å²) in [4.78, 5) is 44.0. The van der Waals surface area contributed by atoms with Crippen molar-refractivity contribution >= 4 is 78.4 Å². The van der Waals surface area contributed by atoms with E-state index in [0.717, 1.165) is 58.2 Å². The molecule has 0 fully saturated rings. The fraction of sp³-hybridized carbons (Fsp3) is 0.625. The summed E-state index contributed by atoms with van der Waals surface area (Å²) < 4.78 is 0. The molecule has 0 unspecified atom stereocenters. The maximum absolute atomic E-state index is 4.90. The molecule has 64 heavy (non-hydrogen) atoms. The van der Waals surface area contributed by atoms with Crippen LogP contribution in [0.5, 0.6) is 0 Å². The van der Waals surface area contributed by atoms with Gasteiger partial charge in [0.05, 0.1) is 0 Å². The molecule has 3 aromatic heterocycles. The summed E-state index contributed by atoms with van der Waals surface area (Å²) in [7, 11) is 0. The summed E-state index contributed by atoms with van der Waals surface area (Å²) in [6, 6.07) is 0. The first-order chi connectivity index (χ1) is 27.0. The normalized spacial score (nSPS) is 10.0. The molecule has 0 aliphatic rings. The van der Waals surface area contributed by atoms with Crippen LogP contribution >= 0.6 is 0 Å². The third kappa shape index (κ3) is 59.7. The quantitative estimate of drug-likeness (QED) is 0.0158. The van der Waals surface area contributed by atoms with Gasteiger partial charge < -0.3 is 138 Å². The Morgan fingerprint density at radius 2 is 0.562 bits per heavy atom. The van der Waals surface area contributed by atoms with Crippen molar-refractivity contribution in [2.24, 2.45) is 15.0 Å². The van der Waals surface area contributed by atoms with Crippen molar-refractivity contribution in [2.45, 2.75) is 157 Å². The summed E-state index contributed by atoms with van der Waals surface area (Å²) in [5.41, 5.74) is 1.58. The number of aromatic amines is 3. The zero-order chi connectivity index (χ0) is 39.9. The van der Waals surface area contributed by atoms with Crippen LogP contribution in [-0.4, -0.2) is 64.5 Å². The van der Waals surface area contributed by atoms with Gasteiger partial charge in [-0.2, -0.15) is 0 Å². The molecule has 3 rings (SSSR count). The molecule has 330 valence electrons. The summed E-state index contributed by atoms with van der Waals surface area (Å²) in [5.74, 6) is 0. The zero-order valence-electron chi connectivity index (χ0n) is 40.1. The molecular formula is C40H65N12Na6S6-3. The van der Waals surface area contributed by atoms with Crippen LogP contribution in [-0.2, 0) is 78.4 Å². The maximum atomic E-state index is 4.90. The molecule has 0 saturated heterocycles. The molecule has 0 bridgehead atoms. The van der Waals surface area contributed by atoms with Crippen molar-refractivity contribution in [2.75, 3.05) is 19.6 Å². The van der Waals surface area contributed by atoms with Crippen molar-refractivity contribution in [1.82, 2.24) is 44.9 Å². The molecular weight excluding hydrogens is 979 g/mol. The van der Waals surface area contributed by atoms with Gasteiger partial charge in [0.2, 0.25) is 0 Å². The third-order valence-electron chi connectivity index (χ3n) is 8.06. The van der Waals surface area contributed by atoms with E-state index >= 15 is 0 Å². The van der Waals surface area contributed by atoms with Gasteiger partial charge in [0.15, 0.2) is 0 Å². The summed E-state index contributed by atoms with van der Waals surface area (Å²) >= 11 is 14.6. The average Bonchev–Trinajstić information content (AvgIpc) is 3.18. The minimum atomic E-state index is 0. The second kappa shape index (κ2) is 68.4. The fourth-order valence-corrected chi connectivity index (χ4v) is 5.48. The molecule has 0 spiro atoms. The number of hydrogen-bond donors (Lipinski definition) is 3. The van der Waals surface area contributed by atoms with Crippen molar-refractivity contribution < 1.29 is 177 Å². The van der Waals surface area contributed by atoms with E-state index in [1.807, 2.05) is 18.2 Å². The number of thiol groups is 3. The topological polar surface area (TPSA) is 162 Å². The first-order valence-electron chi connectivity index (χ1n) is 19.9. The van der Waals surface area contributed by atoms with Gasteiger partial charge in [-0.25, -0.2) is 0 Å². The summed E-state index contributed by atoms with van der Waals surface area (Å²) in [6.07, 6.45) is 40.8. The predicted molar refractivity (Wildman–Crippen MR) is 252 cm³/mol. The van der Waals surface area contributed by atoms with E-state index in [1.54, 1.807) is 0 Å². The van der Waals surface area contributed by atoms with Gasteiger partial charge in [0, 0.05) is 38.6 Å². The van der Waals surface area contributed by atoms with Gasteiger partial charge in [-0.1, -0.05) is 102 Å². The van der Waals surface area contributed by atoms with Crippen LogP contribution in [0.2, 0.25) is 0 Å². The molecule has 3 aromatic rings. The first-order valence-corrected chi connectivity index (χ1v) is 21.1. The standard InChI is InChI=1S/C18H31N4S.C12H19N4S.C10H15N4S.6Na.3H2S/c1-2-3-4-5-6-7-8-9-10-11-12-13-14-15-19-17-20-16-21-18(23)22-17;1-2-3-4-5-6-7-8-9-13-11-14-10-15-12(17)16-11;1-2-3-4-5-6-7-11-9-12-8-13-10(15)14-9;;;;;;;;;/h2H,1,3-15H2,(H2,19,20,21,22,23);2H,1,3-9H2,(H2,13,14,15,16,17);2H,1,3-7H2,(H2,11,12,13,14,15);;;;;;;3*1H2/q3*-1;6*+1;;;/p-6. The summed E-state index contributed by atoms with van der Waals surface area (Å²) in [6.45, 7) is 13.5. The largest absolute Gasteiger partial charge is 1.00 e. The van der Waals surface area contributed by atoms with E-state index in [4.69, 9.17) is 37.9 Å². The molecule has 12 nitrogen and oxygen atoms in total. The van der Waals surface area contributed by atoms with E-state index < -0.39 is 0 Å². The molecule has 0 saturated carbocycles. The zero-order valence-corrected chi connectivity index (χ0v) is 57.3. The SMILES string of the molecule is C=CCCCCCCCCCCCCCN=c1n[c-]nc([S-])[nH]1.C=CCCCCCCCN=c1n[c-]nc([S-])[nH]1.C=CCCCCCN=c1n[c-]nc([S-])[nH]1.[Na+].[Na+].[Na+].[Na+].[Na+].[Na+].[SH-].[SH-].[SH-]. The Bertz CT molecular complexity index is 1630. The van der Waals surface area contributed by atoms with Crippen LogP contribution in [0.4, 0.5) is 0 Å². The Labute approximate surface area is 556 Å². The van der Waals surface area contributed by atoms with E-state index in [2.05, 4.69) is 98.6 Å². The minimum absolute atomic E-state index is 0. The number of nitrogens with zero attached hydrogens (tertiary/aromatic N) is 9. The van der Waals surface area contributed by atoms with E-state index in [1.165, 1.54) is 103 Å². The van der Waals surface area contributed by atoms with E-state index in [0.29, 0.717) is 32.3 Å². The smallest absolute Gasteiger partial charge is 0.823 e. The van der Waals surface area contributed by atoms with Gasteiger partial charge in [0.25, 0.3) is 0 Å². The molecule has 0 atom stereocenters. The second-order valence-electron chi connectivity index (χ2n) is 12.8. The molecule has 0 aliphatic carbocycles. The number of H-pyrrole nitrogens is 3. The van der Waals surface area contributed by atoms with Crippen molar-refractivity contribution in [3.05, 3.63) is 73.8 Å². The van der Waals surface area contributed by atoms with Crippen LogP contribution in [0.1, 0.15) is 141 Å². The van der Waals surface area contributed by atoms with Crippen molar-refractivity contribution in [3.63, 3.8) is 0 Å². The Morgan fingerprint density at radius 3 is 0.781 bits per heavy atom. The maximum Gasteiger partial charge on any atom is 1.00 e. The predicted octanol–water partition coefficient (Wildman–Crippen LogP) is -11.4. The van der Waals surface area contributed by atoms with Crippen LogP contribution in [0.25, 0.3) is 0 Å². The number of aromatic nitrogens is 9. The van der Waals surface area contributed by atoms with Gasteiger partial charge >= 0.3 is 177 Å². The van der Waals surface area contributed by atoms with Gasteiger partial charge in [-0.05, 0) is 57.8 Å². The first kappa shape index (κ1) is 87.1. The number of hydrogen-bond acceptors (Lipinski definition) is 15. The molecule has 3 N–H and O–H groups in total. The van der Waals surface area contributed by atoms with Crippen LogP contribution in [0, 0.1) is 19.0 Å². The van der Waals surface area contributed by atoms with Crippen LogP contribution < -0.4 is 194 Å². The fourth-order valence-electron chi connectivity index (χ4n) is 5.09. The van der Waals surface area contributed by atoms with Crippen LogP contribution in [0.3, 0.4) is 0 Å². The Morgan fingerprint density at radius 1 is 0.359 bits per heavy atom. The van der Waals surface area contributed by atoms with Crippen LogP contribution in [0.15, 0.2) is 68.4 Å². The van der Waals surface area contributed by atoms with Gasteiger partial charge in [-0.3, -0.25) is 0 Å². The summed E-state index contributed by atoms with van der Waals surface area (Å²) in [5, 5.41) is 1.14. The Balaban J connectivity index is -0.0000000965.